The van der Waals surface area contributed by atoms with E-state index in [0.29, 0.717) is 31.1 Å². The molecule has 2 N–H and O–H groups in total. The maximum absolute atomic E-state index is 12.4. The number of piperidine rings is 1. The smallest absolute Gasteiger partial charge is 0.253 e. The molecule has 0 saturated carbocycles. The van der Waals surface area contributed by atoms with Crippen LogP contribution < -0.4 is 5.73 Å². The van der Waals surface area contributed by atoms with E-state index in [1.54, 1.807) is 17.0 Å². The molecule has 0 aliphatic carbocycles. The highest BCUT2D eigenvalue weighted by Crippen LogP contribution is 2.19. The van der Waals surface area contributed by atoms with Crippen molar-refractivity contribution in [2.45, 2.75) is 17.7 Å². The van der Waals surface area contributed by atoms with Crippen LogP contribution in [-0.2, 0) is 9.84 Å². The number of carbonyl (C=O) groups is 1. The highest BCUT2D eigenvalue weighted by molar-refractivity contribution is 7.90. The van der Waals surface area contributed by atoms with Crippen LogP contribution in [0.15, 0.2) is 29.2 Å². The predicted molar refractivity (Wildman–Crippen MR) is 84.5 cm³/mol. The lowest BCUT2D eigenvalue weighted by molar-refractivity contribution is 0.0678. The normalized spacial score (nSPS) is 19.0. The van der Waals surface area contributed by atoms with Crippen LogP contribution in [0, 0.1) is 5.92 Å². The van der Waals surface area contributed by atoms with Gasteiger partial charge in [-0.05, 0) is 43.5 Å². The highest BCUT2D eigenvalue weighted by Gasteiger charge is 2.24. The third-order valence-electron chi connectivity index (χ3n) is 3.65. The average molecular weight is 333 g/mol. The molecule has 118 valence electrons. The number of nitrogens with zero attached hydrogens (tertiary/aromatic N) is 1. The quantitative estimate of drug-likeness (QED) is 0.905. The SMILES string of the molecule is CS(=O)(=O)c1cccc(C(=O)N2CCCC(CN)C2)c1.Cl. The van der Waals surface area contributed by atoms with Crippen LogP contribution in [0.3, 0.4) is 0 Å². The number of halogens is 1. The second-order valence-electron chi connectivity index (χ2n) is 5.30. The topological polar surface area (TPSA) is 80.5 Å². The van der Waals surface area contributed by atoms with E-state index in [1.807, 2.05) is 0 Å². The van der Waals surface area contributed by atoms with Crippen molar-refractivity contribution in [3.05, 3.63) is 29.8 Å². The Labute approximate surface area is 131 Å². The zero-order chi connectivity index (χ0) is 14.8. The van der Waals surface area contributed by atoms with Gasteiger partial charge < -0.3 is 10.6 Å². The molecule has 0 aromatic heterocycles. The first-order valence-electron chi connectivity index (χ1n) is 6.71. The molecule has 1 saturated heterocycles. The van der Waals surface area contributed by atoms with E-state index >= 15 is 0 Å². The number of rotatable bonds is 3. The van der Waals surface area contributed by atoms with E-state index in [1.165, 1.54) is 12.1 Å². The molecule has 5 nitrogen and oxygen atoms in total. The minimum atomic E-state index is -3.30. The molecule has 1 aromatic carbocycles. The van der Waals surface area contributed by atoms with Crippen molar-refractivity contribution < 1.29 is 13.2 Å². The molecule has 1 aromatic rings. The Kier molecular flexibility index (Phi) is 6.19. The van der Waals surface area contributed by atoms with Gasteiger partial charge in [0.15, 0.2) is 9.84 Å². The van der Waals surface area contributed by atoms with Crippen LogP contribution in [0.5, 0.6) is 0 Å². The van der Waals surface area contributed by atoms with E-state index in [0.717, 1.165) is 19.1 Å². The molecule has 1 heterocycles. The predicted octanol–water partition coefficient (Wildman–Crippen LogP) is 1.32. The second kappa shape index (κ2) is 7.24. The maximum Gasteiger partial charge on any atom is 0.253 e. The Hall–Kier alpha value is -1.11. The Balaban J connectivity index is 0.00000220. The summed E-state index contributed by atoms with van der Waals surface area (Å²) < 4.78 is 23.1. The van der Waals surface area contributed by atoms with Crippen molar-refractivity contribution >= 4 is 28.2 Å². The zero-order valence-corrected chi connectivity index (χ0v) is 13.6. The molecule has 0 bridgehead atoms. The molecule has 2 rings (SSSR count). The Morgan fingerprint density at radius 2 is 2.14 bits per heavy atom. The first-order chi connectivity index (χ1) is 9.41. The van der Waals surface area contributed by atoms with Crippen LogP contribution in [0.2, 0.25) is 0 Å². The van der Waals surface area contributed by atoms with Crippen molar-refractivity contribution in [1.82, 2.24) is 4.90 Å². The summed E-state index contributed by atoms with van der Waals surface area (Å²) in [6.07, 6.45) is 3.13. The van der Waals surface area contributed by atoms with Gasteiger partial charge in [0, 0.05) is 24.9 Å². The van der Waals surface area contributed by atoms with Gasteiger partial charge in [0.2, 0.25) is 0 Å². The van der Waals surface area contributed by atoms with E-state index < -0.39 is 9.84 Å². The molecule has 1 aliphatic heterocycles. The van der Waals surface area contributed by atoms with E-state index in [4.69, 9.17) is 5.73 Å². The van der Waals surface area contributed by atoms with Gasteiger partial charge >= 0.3 is 0 Å². The third-order valence-corrected chi connectivity index (χ3v) is 4.76. The molecule has 1 aliphatic rings. The lowest BCUT2D eigenvalue weighted by Crippen LogP contribution is -2.42. The summed E-state index contributed by atoms with van der Waals surface area (Å²) >= 11 is 0. The number of likely N-dealkylation sites (tertiary alicyclic amines) is 1. The fourth-order valence-corrected chi connectivity index (χ4v) is 3.15. The molecule has 0 spiro atoms. The molecule has 7 heteroatoms. The first-order valence-corrected chi connectivity index (χ1v) is 8.60. The van der Waals surface area contributed by atoms with Gasteiger partial charge in [-0.25, -0.2) is 8.42 Å². The van der Waals surface area contributed by atoms with Gasteiger partial charge in [-0.15, -0.1) is 12.4 Å². The van der Waals surface area contributed by atoms with Gasteiger partial charge in [-0.2, -0.15) is 0 Å². The number of hydrogen-bond donors (Lipinski definition) is 1. The lowest BCUT2D eigenvalue weighted by atomic mass is 9.97. The van der Waals surface area contributed by atoms with Gasteiger partial charge in [-0.1, -0.05) is 6.07 Å². The maximum atomic E-state index is 12.4. The van der Waals surface area contributed by atoms with E-state index in [9.17, 15) is 13.2 Å². The van der Waals surface area contributed by atoms with Crippen LogP contribution in [0.1, 0.15) is 23.2 Å². The summed E-state index contributed by atoms with van der Waals surface area (Å²) in [4.78, 5) is 14.4. The number of benzene rings is 1. The molecule has 1 unspecified atom stereocenters. The Morgan fingerprint density at radius 3 is 2.76 bits per heavy atom. The standard InChI is InChI=1S/C14H20N2O3S.ClH/c1-20(18,19)13-6-2-5-12(8-13)14(17)16-7-3-4-11(9-15)10-16;/h2,5-6,8,11H,3-4,7,9-10,15H2,1H3;1H. The molecule has 1 atom stereocenters. The summed E-state index contributed by atoms with van der Waals surface area (Å²) in [5.41, 5.74) is 6.09. The number of carbonyl (C=O) groups excluding carboxylic acids is 1. The molecule has 0 radical (unpaired) electrons. The Morgan fingerprint density at radius 1 is 1.43 bits per heavy atom. The number of nitrogens with two attached hydrogens (primary N) is 1. The van der Waals surface area contributed by atoms with Crippen molar-refractivity contribution in [3.8, 4) is 0 Å². The monoisotopic (exact) mass is 332 g/mol. The van der Waals surface area contributed by atoms with Gasteiger partial charge in [0.25, 0.3) is 5.91 Å². The van der Waals surface area contributed by atoms with Crippen molar-refractivity contribution in [2.24, 2.45) is 11.7 Å². The fraction of sp³-hybridized carbons (Fsp3) is 0.500. The summed E-state index contributed by atoms with van der Waals surface area (Å²) in [7, 11) is -3.30. The number of sulfone groups is 1. The minimum Gasteiger partial charge on any atom is -0.338 e. The third kappa shape index (κ3) is 4.43. The van der Waals surface area contributed by atoms with E-state index in [2.05, 4.69) is 0 Å². The van der Waals surface area contributed by atoms with Crippen LogP contribution in [0.4, 0.5) is 0 Å². The fourth-order valence-electron chi connectivity index (χ4n) is 2.48. The van der Waals surface area contributed by atoms with Crippen LogP contribution in [-0.4, -0.2) is 45.1 Å². The number of amides is 1. The largest absolute Gasteiger partial charge is 0.338 e. The Bertz CT molecular complexity index is 604. The molecule has 21 heavy (non-hydrogen) atoms. The minimum absolute atomic E-state index is 0. The average Bonchev–Trinajstić information content (AvgIpc) is 2.46. The molecule has 1 amide bonds. The van der Waals surface area contributed by atoms with Crippen LogP contribution >= 0.6 is 12.4 Å². The van der Waals surface area contributed by atoms with Gasteiger partial charge in [0.05, 0.1) is 4.90 Å². The van der Waals surface area contributed by atoms with Crippen LogP contribution in [0.25, 0.3) is 0 Å². The second-order valence-corrected chi connectivity index (χ2v) is 7.31. The van der Waals surface area contributed by atoms with Crippen molar-refractivity contribution in [3.63, 3.8) is 0 Å². The summed E-state index contributed by atoms with van der Waals surface area (Å²) in [6.45, 7) is 1.93. The molecule has 1 fully saturated rings. The zero-order valence-electron chi connectivity index (χ0n) is 12.0. The van der Waals surface area contributed by atoms with Gasteiger partial charge in [0.1, 0.15) is 0 Å². The molecular formula is C14H21ClN2O3S. The lowest BCUT2D eigenvalue weighted by Gasteiger charge is -2.32. The van der Waals surface area contributed by atoms with Crippen molar-refractivity contribution in [1.29, 1.82) is 0 Å². The summed E-state index contributed by atoms with van der Waals surface area (Å²) in [6, 6.07) is 6.21. The number of hydrogen-bond acceptors (Lipinski definition) is 4. The molecular weight excluding hydrogens is 312 g/mol. The van der Waals surface area contributed by atoms with E-state index in [-0.39, 0.29) is 23.2 Å². The first kappa shape index (κ1) is 17.9. The van der Waals surface area contributed by atoms with Crippen molar-refractivity contribution in [2.75, 3.05) is 25.9 Å². The highest BCUT2D eigenvalue weighted by atomic mass is 35.5. The summed E-state index contributed by atoms with van der Waals surface area (Å²) in [5.74, 6) is 0.222. The van der Waals surface area contributed by atoms with Gasteiger partial charge in [-0.3, -0.25) is 4.79 Å². The summed E-state index contributed by atoms with van der Waals surface area (Å²) in [5, 5.41) is 0.